The Kier molecular flexibility index (Phi) is 33.9. The Balaban J connectivity index is 0.00000748. The Morgan fingerprint density at radius 3 is 1.98 bits per heavy atom. The van der Waals surface area contributed by atoms with E-state index in [9.17, 15) is 34.2 Å². The Bertz CT molecular complexity index is 2420. The summed E-state index contributed by atoms with van der Waals surface area (Å²) in [6.07, 6.45) is 14.8. The highest BCUT2D eigenvalue weighted by molar-refractivity contribution is 6.24. The second-order valence-corrected chi connectivity index (χ2v) is 21.4. The van der Waals surface area contributed by atoms with Crippen molar-refractivity contribution in [1.29, 1.82) is 0 Å². The SMILES string of the molecule is C=CC(=O)/C(NCCCNCCCNC1=C2CC(C)CC(OC)C(O)C(C)/C=C(\C)CC(OC)/C=C\C=C(/C)C(=CC1=O)C2=O)=C1\COCNC(=O)/C(C)=C/C=C\C(OC)C(OC(N)=O)/C(C)=C/C(C)C(O)C(OC)CC(C)C1.NC=O. The van der Waals surface area contributed by atoms with E-state index in [1.54, 1.807) is 52.4 Å². The first-order chi connectivity index (χ1) is 39.0. The molecule has 11 atom stereocenters. The predicted molar refractivity (Wildman–Crippen MR) is 317 cm³/mol. The molecule has 0 aromatic rings. The van der Waals surface area contributed by atoms with Crippen LogP contribution in [0.4, 0.5) is 4.79 Å². The Morgan fingerprint density at radius 2 is 1.39 bits per heavy atom. The maximum Gasteiger partial charge on any atom is 0.405 e. The number of ketones is 3. The lowest BCUT2D eigenvalue weighted by Gasteiger charge is -2.30. The van der Waals surface area contributed by atoms with Crippen molar-refractivity contribution >= 4 is 35.8 Å². The number of amides is 3. The maximum atomic E-state index is 14.3. The number of methoxy groups -OCH3 is 4. The molecule has 3 aliphatic rings. The minimum atomic E-state index is -1.00. The molecule has 0 fully saturated rings. The molecule has 2 aliphatic carbocycles. The van der Waals surface area contributed by atoms with Gasteiger partial charge in [0.05, 0.1) is 48.5 Å². The number of aliphatic hydroxyl groups is 2. The molecule has 3 amide bonds. The van der Waals surface area contributed by atoms with Gasteiger partial charge >= 0.3 is 6.09 Å². The largest absolute Gasteiger partial charge is 0.439 e. The molecule has 458 valence electrons. The summed E-state index contributed by atoms with van der Waals surface area (Å²) in [6.45, 7) is 20.7. The Labute approximate surface area is 486 Å². The molecule has 20 nitrogen and oxygen atoms in total. The van der Waals surface area contributed by atoms with E-state index in [-0.39, 0.29) is 72.6 Å². The Hall–Kier alpha value is -6.10. The summed E-state index contributed by atoms with van der Waals surface area (Å²) in [6, 6.07) is 0. The number of allylic oxidation sites excluding steroid dienone is 9. The van der Waals surface area contributed by atoms with Crippen LogP contribution in [0.5, 0.6) is 0 Å². The van der Waals surface area contributed by atoms with Crippen LogP contribution in [0, 0.1) is 23.7 Å². The van der Waals surface area contributed by atoms with E-state index < -0.39 is 48.6 Å². The van der Waals surface area contributed by atoms with E-state index in [2.05, 4.69) is 39.7 Å². The molecule has 11 unspecified atom stereocenters. The van der Waals surface area contributed by atoms with Crippen molar-refractivity contribution in [2.45, 2.75) is 143 Å². The summed E-state index contributed by atoms with van der Waals surface area (Å²) < 4.78 is 34.4. The van der Waals surface area contributed by atoms with Crippen LogP contribution in [-0.2, 0) is 52.4 Å². The van der Waals surface area contributed by atoms with Crippen LogP contribution in [0.15, 0.2) is 118 Å². The van der Waals surface area contributed by atoms with Gasteiger partial charge in [0.2, 0.25) is 23.9 Å². The summed E-state index contributed by atoms with van der Waals surface area (Å²) in [5.74, 6) is -2.09. The molecule has 0 aromatic carbocycles. The number of ether oxygens (including phenoxy) is 6. The fourth-order valence-electron chi connectivity index (χ4n) is 10.1. The monoisotopic (exact) mass is 1150 g/mol. The molecular weight excluding hydrogens is 1050 g/mol. The van der Waals surface area contributed by atoms with Crippen molar-refractivity contribution in [2.24, 2.45) is 35.1 Å². The number of carbonyl (C=O) groups is 6. The van der Waals surface area contributed by atoms with Gasteiger partial charge in [-0.05, 0) is 126 Å². The number of nitrogens with two attached hydrogens (primary N) is 2. The lowest BCUT2D eigenvalue weighted by atomic mass is 9.82. The first-order valence-corrected chi connectivity index (χ1v) is 28.1. The molecule has 20 heteroatoms. The smallest absolute Gasteiger partial charge is 0.405 e. The third kappa shape index (κ3) is 24.4. The van der Waals surface area contributed by atoms with Gasteiger partial charge in [-0.2, -0.15) is 0 Å². The normalized spacial score (nSPS) is 31.1. The average Bonchev–Trinajstić information content (AvgIpc) is 3.61. The van der Waals surface area contributed by atoms with Crippen molar-refractivity contribution in [3.05, 3.63) is 118 Å². The van der Waals surface area contributed by atoms with Gasteiger partial charge in [0.1, 0.15) is 12.8 Å². The molecule has 0 spiro atoms. The zero-order valence-corrected chi connectivity index (χ0v) is 50.5. The highest BCUT2D eigenvalue weighted by atomic mass is 16.6. The van der Waals surface area contributed by atoms with Gasteiger partial charge in [-0.15, -0.1) is 0 Å². The first kappa shape index (κ1) is 72.0. The van der Waals surface area contributed by atoms with E-state index in [0.717, 1.165) is 5.57 Å². The van der Waals surface area contributed by atoms with E-state index >= 15 is 0 Å². The lowest BCUT2D eigenvalue weighted by molar-refractivity contribution is -0.119. The number of hydrogen-bond donors (Lipinski definition) is 8. The number of carbonyl (C=O) groups excluding carboxylic acids is 6. The van der Waals surface area contributed by atoms with Crippen LogP contribution in [0.2, 0.25) is 0 Å². The molecule has 1 heterocycles. The van der Waals surface area contributed by atoms with Gasteiger partial charge < -0.3 is 71.4 Å². The molecule has 3 rings (SSSR count). The van der Waals surface area contributed by atoms with Crippen LogP contribution in [0.3, 0.4) is 0 Å². The van der Waals surface area contributed by atoms with Crippen LogP contribution in [0.1, 0.15) is 100 Å². The number of hydrogen-bond acceptors (Lipinski definition) is 17. The quantitative estimate of drug-likeness (QED) is 0.0283. The fraction of sp³-hybridized carbons (Fsp3) is 0.581. The summed E-state index contributed by atoms with van der Waals surface area (Å²) in [7, 11) is 6.21. The molecule has 0 aromatic heterocycles. The first-order valence-electron chi connectivity index (χ1n) is 28.1. The zero-order chi connectivity index (χ0) is 61.5. The van der Waals surface area contributed by atoms with E-state index in [1.807, 2.05) is 59.8 Å². The van der Waals surface area contributed by atoms with Gasteiger partial charge in [0.15, 0.2) is 11.9 Å². The Morgan fingerprint density at radius 1 is 0.805 bits per heavy atom. The van der Waals surface area contributed by atoms with E-state index in [4.69, 9.17) is 38.9 Å². The molecule has 0 radical (unpaired) electrons. The van der Waals surface area contributed by atoms with Crippen molar-refractivity contribution in [3.63, 3.8) is 0 Å². The standard InChI is InChI=1S/C61H93N5O13.CH3NO/c1-14-49(67)54(45-28-38(3)31-52(76-12)57(70)43(8)33-44(9)59(79-61(62)73)51(75-11)22-16-20-41(6)60(72)66-36-78-35-45)64-25-17-23-63-24-18-26-65-55-48-30-39(4)32-53(77-13)56(69)42(7)27-37(2)29-46(74-10)21-15-19-40(5)47(58(48)71)34-50(55)68;2-1-3/h14-16,19-22,27,33-34,38-39,42-43,46,51-53,56-57,59,63-65,69-70H,1,17-18,23-26,28-32,35-36H2,2-13H3,(H2,62,73)(H,66,72);1H,(H2,2,3)/b21-15-,22-16-,37-27+,40-19+,41-20+,44-33+,54-45+;. The molecule has 0 saturated heterocycles. The second-order valence-electron chi connectivity index (χ2n) is 21.4. The number of aliphatic hydroxyl groups excluding tert-OH is 2. The molecule has 82 heavy (non-hydrogen) atoms. The van der Waals surface area contributed by atoms with Gasteiger partial charge in [-0.1, -0.05) is 88.5 Å². The summed E-state index contributed by atoms with van der Waals surface area (Å²) in [4.78, 5) is 75.3. The van der Waals surface area contributed by atoms with Gasteiger partial charge in [-0.25, -0.2) is 4.79 Å². The number of rotatable bonds is 17. The van der Waals surface area contributed by atoms with Gasteiger partial charge in [0, 0.05) is 70.1 Å². The topological polar surface area (TPSA) is 298 Å². The summed E-state index contributed by atoms with van der Waals surface area (Å²) in [5.41, 5.74) is 14.3. The van der Waals surface area contributed by atoms with Crippen LogP contribution < -0.4 is 32.7 Å². The minimum absolute atomic E-state index is 0.00850. The molecule has 2 bridgehead atoms. The second kappa shape index (κ2) is 38.6. The lowest BCUT2D eigenvalue weighted by Crippen LogP contribution is -2.37. The predicted octanol–water partition coefficient (Wildman–Crippen LogP) is 5.73. The number of nitrogens with one attached hydrogen (secondary N) is 4. The van der Waals surface area contributed by atoms with Gasteiger partial charge in [-0.3, -0.25) is 24.0 Å². The molecule has 10 N–H and O–H groups in total. The minimum Gasteiger partial charge on any atom is -0.439 e. The number of fused-ring (bicyclic) bond motifs is 2. The molecular formula is C62H96N6O14. The van der Waals surface area contributed by atoms with Crippen LogP contribution in [0.25, 0.3) is 0 Å². The third-order valence-corrected chi connectivity index (χ3v) is 14.5. The van der Waals surface area contributed by atoms with Crippen LogP contribution in [-0.4, -0.2) is 157 Å². The molecule has 0 saturated carbocycles. The third-order valence-electron chi connectivity index (χ3n) is 14.5. The van der Waals surface area contributed by atoms with Gasteiger partial charge in [0.25, 0.3) is 0 Å². The van der Waals surface area contributed by atoms with Crippen molar-refractivity contribution in [3.8, 4) is 0 Å². The van der Waals surface area contributed by atoms with Crippen molar-refractivity contribution in [2.75, 3.05) is 68.0 Å². The van der Waals surface area contributed by atoms with E-state index in [1.165, 1.54) is 26.4 Å². The zero-order valence-electron chi connectivity index (χ0n) is 50.5. The molecule has 1 aliphatic heterocycles. The van der Waals surface area contributed by atoms with Crippen molar-refractivity contribution in [1.82, 2.24) is 21.3 Å². The van der Waals surface area contributed by atoms with E-state index in [0.29, 0.717) is 110 Å². The van der Waals surface area contributed by atoms with Crippen LogP contribution >= 0.6 is 0 Å². The fourth-order valence-corrected chi connectivity index (χ4v) is 10.1. The summed E-state index contributed by atoms with van der Waals surface area (Å²) >= 11 is 0. The van der Waals surface area contributed by atoms with Crippen molar-refractivity contribution < 1.29 is 67.4 Å². The maximum absolute atomic E-state index is 14.3. The summed E-state index contributed by atoms with van der Waals surface area (Å²) in [5, 5.41) is 35.8. The highest BCUT2D eigenvalue weighted by Crippen LogP contribution is 2.32. The highest BCUT2D eigenvalue weighted by Gasteiger charge is 2.33. The number of primary amides is 2. The average molecular weight is 1150 g/mol. The number of Topliss-reactive ketones (excluding diaryl/α,β-unsaturated/α-hetero) is 1.